The van der Waals surface area contributed by atoms with E-state index < -0.39 is 17.5 Å². The lowest BCUT2D eigenvalue weighted by atomic mass is 9.93. The van der Waals surface area contributed by atoms with Crippen LogP contribution in [0.15, 0.2) is 5.38 Å². The zero-order chi connectivity index (χ0) is 18.1. The molecular weight excluding hydrogens is 362 g/mol. The monoisotopic (exact) mass is 381 g/mol. The Morgan fingerprint density at radius 1 is 1.44 bits per heavy atom. The van der Waals surface area contributed by atoms with Crippen molar-refractivity contribution in [1.82, 2.24) is 10.3 Å². The highest BCUT2D eigenvalue weighted by Gasteiger charge is 2.38. The molecule has 10 heteroatoms. The van der Waals surface area contributed by atoms with Gasteiger partial charge in [-0.2, -0.15) is 13.2 Å². The van der Waals surface area contributed by atoms with Gasteiger partial charge in [0.25, 0.3) is 0 Å². The van der Waals surface area contributed by atoms with Crippen LogP contribution in [0.1, 0.15) is 25.0 Å². The Morgan fingerprint density at radius 3 is 2.72 bits per heavy atom. The van der Waals surface area contributed by atoms with Gasteiger partial charge in [0.2, 0.25) is 5.91 Å². The molecule has 0 radical (unpaired) electrons. The van der Waals surface area contributed by atoms with Gasteiger partial charge in [-0.25, -0.2) is 9.37 Å². The Balaban J connectivity index is 1.50. The van der Waals surface area contributed by atoms with Crippen molar-refractivity contribution in [2.45, 2.75) is 31.1 Å². The lowest BCUT2D eigenvalue weighted by Crippen LogP contribution is -2.49. The number of ether oxygens (including phenoxy) is 1. The first-order valence-corrected chi connectivity index (χ1v) is 8.97. The van der Waals surface area contributed by atoms with E-state index in [2.05, 4.69) is 10.3 Å². The van der Waals surface area contributed by atoms with Crippen molar-refractivity contribution in [2.24, 2.45) is 5.92 Å². The van der Waals surface area contributed by atoms with Gasteiger partial charge in [0.1, 0.15) is 5.67 Å². The minimum absolute atomic E-state index is 0.0815. The Morgan fingerprint density at radius 2 is 2.16 bits per heavy atom. The number of anilines is 1. The van der Waals surface area contributed by atoms with Gasteiger partial charge in [0.15, 0.2) is 10.8 Å². The second-order valence-electron chi connectivity index (χ2n) is 6.43. The molecule has 140 valence electrons. The van der Waals surface area contributed by atoms with Gasteiger partial charge in [-0.15, -0.1) is 11.3 Å². The number of piperidine rings is 1. The van der Waals surface area contributed by atoms with Crippen molar-refractivity contribution >= 4 is 22.4 Å². The third kappa shape index (κ3) is 4.41. The first kappa shape index (κ1) is 18.4. The lowest BCUT2D eigenvalue weighted by molar-refractivity contribution is -0.140. The van der Waals surface area contributed by atoms with E-state index in [1.807, 2.05) is 0 Å². The molecule has 3 heterocycles. The summed E-state index contributed by atoms with van der Waals surface area (Å²) < 4.78 is 57.8. The topological polar surface area (TPSA) is 54.5 Å². The molecule has 2 fully saturated rings. The predicted molar refractivity (Wildman–Crippen MR) is 84.3 cm³/mol. The van der Waals surface area contributed by atoms with Crippen molar-refractivity contribution in [3.63, 3.8) is 0 Å². The van der Waals surface area contributed by atoms with Crippen molar-refractivity contribution in [3.8, 4) is 0 Å². The van der Waals surface area contributed by atoms with Gasteiger partial charge in [0, 0.05) is 37.9 Å². The summed E-state index contributed by atoms with van der Waals surface area (Å²) in [6.45, 7) is 1.36. The summed E-state index contributed by atoms with van der Waals surface area (Å²) in [7, 11) is 0. The molecule has 1 N–H and O–H groups in total. The Labute approximate surface area is 146 Å². The molecule has 2 aliphatic rings. The van der Waals surface area contributed by atoms with Crippen LogP contribution in [-0.4, -0.2) is 49.4 Å². The number of amides is 1. The van der Waals surface area contributed by atoms with Crippen molar-refractivity contribution in [3.05, 3.63) is 11.1 Å². The van der Waals surface area contributed by atoms with Crippen LogP contribution in [-0.2, 0) is 15.7 Å². The Bertz CT molecular complexity index is 608. The first-order valence-electron chi connectivity index (χ1n) is 8.09. The molecule has 3 rings (SSSR count). The van der Waals surface area contributed by atoms with Gasteiger partial charge in [-0.3, -0.25) is 4.79 Å². The molecule has 1 aromatic heterocycles. The minimum Gasteiger partial charge on any atom is -0.381 e. The highest BCUT2D eigenvalue weighted by Crippen LogP contribution is 2.35. The largest absolute Gasteiger partial charge is 0.434 e. The van der Waals surface area contributed by atoms with E-state index in [9.17, 15) is 22.4 Å². The molecule has 0 aromatic carbocycles. The van der Waals surface area contributed by atoms with Crippen molar-refractivity contribution < 1.29 is 27.1 Å². The molecule has 5 nitrogen and oxygen atoms in total. The molecule has 0 spiro atoms. The molecule has 1 aromatic rings. The molecular formula is C15H19F4N3O2S. The molecule has 0 saturated carbocycles. The van der Waals surface area contributed by atoms with E-state index in [0.717, 1.165) is 16.7 Å². The molecule has 0 bridgehead atoms. The molecule has 1 amide bonds. The van der Waals surface area contributed by atoms with E-state index in [4.69, 9.17) is 4.74 Å². The van der Waals surface area contributed by atoms with Crippen molar-refractivity contribution in [1.29, 1.82) is 0 Å². The van der Waals surface area contributed by atoms with Crippen LogP contribution >= 0.6 is 11.3 Å². The first-order chi connectivity index (χ1) is 11.8. The van der Waals surface area contributed by atoms with Crippen molar-refractivity contribution in [2.75, 3.05) is 37.7 Å². The number of hydrogen-bond donors (Lipinski definition) is 1. The lowest BCUT2D eigenvalue weighted by Gasteiger charge is -2.36. The molecule has 0 aliphatic carbocycles. The molecule has 2 aliphatic heterocycles. The molecule has 2 saturated heterocycles. The number of hydrogen-bond acceptors (Lipinski definition) is 5. The van der Waals surface area contributed by atoms with Crippen LogP contribution in [0, 0.1) is 5.92 Å². The summed E-state index contributed by atoms with van der Waals surface area (Å²) >= 11 is 0.907. The average molecular weight is 381 g/mol. The second kappa shape index (κ2) is 7.06. The molecule has 25 heavy (non-hydrogen) atoms. The van der Waals surface area contributed by atoms with Crippen LogP contribution in [0.3, 0.4) is 0 Å². The van der Waals surface area contributed by atoms with Gasteiger partial charge in [-0.05, 0) is 6.42 Å². The summed E-state index contributed by atoms with van der Waals surface area (Å²) in [6, 6.07) is 0. The average Bonchev–Trinajstić information content (AvgIpc) is 3.24. The number of rotatable bonds is 4. The maximum atomic E-state index is 14.8. The summed E-state index contributed by atoms with van der Waals surface area (Å²) in [5.74, 6) is -0.425. The van der Waals surface area contributed by atoms with Gasteiger partial charge in [-0.1, -0.05) is 0 Å². The number of aromatic nitrogens is 1. The van der Waals surface area contributed by atoms with Crippen LogP contribution < -0.4 is 10.2 Å². The van der Waals surface area contributed by atoms with E-state index in [-0.39, 0.29) is 49.4 Å². The molecule has 1 unspecified atom stereocenters. The number of thiazole rings is 1. The second-order valence-corrected chi connectivity index (χ2v) is 7.27. The fourth-order valence-corrected chi connectivity index (χ4v) is 3.83. The van der Waals surface area contributed by atoms with Crippen LogP contribution in [0.2, 0.25) is 0 Å². The number of halogens is 4. The fraction of sp³-hybridized carbons (Fsp3) is 0.733. The van der Waals surface area contributed by atoms with E-state index in [0.29, 0.717) is 19.6 Å². The Kier molecular flexibility index (Phi) is 5.19. The van der Waals surface area contributed by atoms with Gasteiger partial charge >= 0.3 is 6.18 Å². The quantitative estimate of drug-likeness (QED) is 0.815. The minimum atomic E-state index is -4.47. The maximum Gasteiger partial charge on any atom is 0.434 e. The number of carbonyl (C=O) groups is 1. The SMILES string of the molecule is O=C(NCC1(F)CCN(c2nc(C(F)(F)F)cs2)CC1)C1CCOC1. The smallest absolute Gasteiger partial charge is 0.381 e. The summed E-state index contributed by atoms with van der Waals surface area (Å²) in [6.07, 6.45) is -3.56. The van der Waals surface area contributed by atoms with E-state index in [1.165, 1.54) is 0 Å². The van der Waals surface area contributed by atoms with Crippen LogP contribution in [0.5, 0.6) is 0 Å². The highest BCUT2D eigenvalue weighted by molar-refractivity contribution is 7.13. The van der Waals surface area contributed by atoms with E-state index in [1.54, 1.807) is 4.90 Å². The number of nitrogens with one attached hydrogen (secondary N) is 1. The number of alkyl halides is 4. The Hall–Kier alpha value is -1.42. The molecule has 1 atom stereocenters. The third-order valence-electron chi connectivity index (χ3n) is 4.59. The predicted octanol–water partition coefficient (Wildman–Crippen LogP) is 2.62. The fourth-order valence-electron chi connectivity index (χ4n) is 2.95. The van der Waals surface area contributed by atoms with Crippen LogP contribution in [0.4, 0.5) is 22.7 Å². The van der Waals surface area contributed by atoms with E-state index >= 15 is 0 Å². The highest BCUT2D eigenvalue weighted by atomic mass is 32.1. The third-order valence-corrected chi connectivity index (χ3v) is 5.49. The summed E-state index contributed by atoms with van der Waals surface area (Å²) in [4.78, 5) is 17.2. The number of nitrogens with zero attached hydrogens (tertiary/aromatic N) is 2. The standard InChI is InChI=1S/C15H19F4N3O2S/c16-14(9-20-12(23)10-1-6-24-7-10)2-4-22(5-3-14)13-21-11(8-25-13)15(17,18)19/h8,10H,1-7,9H2,(H,20,23). The normalized spacial score (nSPS) is 23.7. The van der Waals surface area contributed by atoms with Crippen LogP contribution in [0.25, 0.3) is 0 Å². The summed E-state index contributed by atoms with van der Waals surface area (Å²) in [5.41, 5.74) is -2.47. The zero-order valence-corrected chi connectivity index (χ0v) is 14.3. The van der Waals surface area contributed by atoms with Gasteiger partial charge < -0.3 is 15.0 Å². The summed E-state index contributed by atoms with van der Waals surface area (Å²) in [5, 5.41) is 3.86. The maximum absolute atomic E-state index is 14.8. The number of carbonyl (C=O) groups excluding carboxylic acids is 1. The zero-order valence-electron chi connectivity index (χ0n) is 13.4. The van der Waals surface area contributed by atoms with Gasteiger partial charge in [0.05, 0.1) is 19.1 Å².